The number of hydrogen-bond acceptors (Lipinski definition) is 9. The van der Waals surface area contributed by atoms with Gasteiger partial charge in [0.15, 0.2) is 6.35 Å². The molecule has 1 aliphatic heterocycles. The van der Waals surface area contributed by atoms with Crippen molar-refractivity contribution in [3.05, 3.63) is 35.9 Å². The van der Waals surface area contributed by atoms with Crippen LogP contribution in [0.5, 0.6) is 0 Å². The second-order valence-corrected chi connectivity index (χ2v) is 15.2. The van der Waals surface area contributed by atoms with Gasteiger partial charge in [-0.3, -0.25) is 34.6 Å². The molecular weight excluding hydrogens is 626 g/mol. The molecule has 12 nitrogen and oxygen atoms in total. The van der Waals surface area contributed by atoms with Crippen LogP contribution in [0.15, 0.2) is 30.3 Å². The van der Waals surface area contributed by atoms with Crippen molar-refractivity contribution in [2.45, 2.75) is 129 Å². The maximum atomic E-state index is 14.6. The third-order valence-electron chi connectivity index (χ3n) is 11.0. The van der Waals surface area contributed by atoms with Gasteiger partial charge >= 0.3 is 5.97 Å². The molecule has 12 heteroatoms. The van der Waals surface area contributed by atoms with Crippen molar-refractivity contribution in [3.8, 4) is 0 Å². The number of aliphatic hydroxyl groups is 1. The Kier molecular flexibility index (Phi) is 13.4. The van der Waals surface area contributed by atoms with Gasteiger partial charge in [-0.15, -0.1) is 0 Å². The Morgan fingerprint density at radius 2 is 1.63 bits per heavy atom. The predicted octanol–water partition coefficient (Wildman–Crippen LogP) is 2.76. The standard InChI is InChI=1S/C37H57N5O7/c1-22(2)27-19-29(33(45)39-28(18-24-16-17-24)31(43)32(38)44)42(20-27)34(46)30(26-14-10-7-11-15-26)40-36(48)41-37(5,23(3)4)35(47)49-21-25-12-8-6-9-13-25/h6,8-9,12-13,22-24,26-30,36,40-41,48H,7,10-11,14-21H2,1-5H3,(H2,38,44)(H,39,45)/t27-,28?,29+,30+,36?,37+/m1/s1. The van der Waals surface area contributed by atoms with E-state index in [1.165, 1.54) is 0 Å². The summed E-state index contributed by atoms with van der Waals surface area (Å²) in [4.78, 5) is 67.9. The molecule has 2 unspecified atom stereocenters. The molecule has 3 aliphatic rings. The molecule has 6 N–H and O–H groups in total. The molecule has 1 heterocycles. The lowest BCUT2D eigenvalue weighted by atomic mass is 9.83. The van der Waals surface area contributed by atoms with Crippen molar-refractivity contribution in [3.63, 3.8) is 0 Å². The molecule has 0 aromatic heterocycles. The van der Waals surface area contributed by atoms with E-state index in [4.69, 9.17) is 10.5 Å². The number of carbonyl (C=O) groups is 5. The van der Waals surface area contributed by atoms with E-state index >= 15 is 0 Å². The minimum Gasteiger partial charge on any atom is -0.459 e. The molecule has 0 spiro atoms. The molecule has 6 atom stereocenters. The highest BCUT2D eigenvalue weighted by Crippen LogP contribution is 2.35. The number of ether oxygens (including phenoxy) is 1. The summed E-state index contributed by atoms with van der Waals surface area (Å²) in [5.74, 6) is -3.16. The van der Waals surface area contributed by atoms with E-state index in [-0.39, 0.29) is 42.1 Å². The SMILES string of the molecule is CC(C)[C@@H]1C[C@@H](C(=O)NC(CC2CC2)C(=O)C(N)=O)N(C(=O)[C@@H](NC(O)N[C@](C)(C(=O)OCc2ccccc2)C(C)C)C2CCCCC2)C1. The molecular formula is C37H57N5O7. The number of ketones is 1. The van der Waals surface area contributed by atoms with Crippen LogP contribution in [0.2, 0.25) is 0 Å². The Morgan fingerprint density at radius 1 is 0.980 bits per heavy atom. The molecule has 0 radical (unpaired) electrons. The number of likely N-dealkylation sites (tertiary alicyclic amines) is 1. The van der Waals surface area contributed by atoms with Crippen molar-refractivity contribution >= 4 is 29.5 Å². The molecule has 2 saturated carbocycles. The summed E-state index contributed by atoms with van der Waals surface area (Å²) in [5, 5.41) is 20.3. The zero-order valence-corrected chi connectivity index (χ0v) is 29.8. The summed E-state index contributed by atoms with van der Waals surface area (Å²) in [5.41, 5.74) is 4.87. The Hall–Kier alpha value is -3.35. The smallest absolute Gasteiger partial charge is 0.326 e. The molecule has 4 rings (SSSR count). The van der Waals surface area contributed by atoms with Crippen LogP contribution in [0, 0.1) is 29.6 Å². The number of aliphatic hydroxyl groups excluding tert-OH is 1. The van der Waals surface area contributed by atoms with E-state index in [9.17, 15) is 29.1 Å². The highest BCUT2D eigenvalue weighted by atomic mass is 16.5. The summed E-state index contributed by atoms with van der Waals surface area (Å²) in [7, 11) is 0. The number of rotatable bonds is 17. The number of hydrogen-bond donors (Lipinski definition) is 5. The summed E-state index contributed by atoms with van der Waals surface area (Å²) in [6, 6.07) is 6.62. The maximum absolute atomic E-state index is 14.6. The minimum absolute atomic E-state index is 0.0343. The molecule has 0 bridgehead atoms. The van der Waals surface area contributed by atoms with Crippen LogP contribution in [0.25, 0.3) is 0 Å². The third-order valence-corrected chi connectivity index (χ3v) is 11.0. The van der Waals surface area contributed by atoms with E-state index in [1.807, 2.05) is 58.0 Å². The first-order valence-corrected chi connectivity index (χ1v) is 18.1. The fourth-order valence-electron chi connectivity index (χ4n) is 7.09. The van der Waals surface area contributed by atoms with E-state index in [0.717, 1.165) is 50.5 Å². The summed E-state index contributed by atoms with van der Waals surface area (Å²) in [6.45, 7) is 9.90. The Balaban J connectivity index is 1.53. The first-order valence-electron chi connectivity index (χ1n) is 18.1. The van der Waals surface area contributed by atoms with Gasteiger partial charge < -0.3 is 25.8 Å². The molecule has 1 saturated heterocycles. The predicted molar refractivity (Wildman–Crippen MR) is 184 cm³/mol. The highest BCUT2D eigenvalue weighted by molar-refractivity contribution is 6.37. The van der Waals surface area contributed by atoms with Crippen molar-refractivity contribution in [2.24, 2.45) is 35.3 Å². The Bertz CT molecular complexity index is 1310. The van der Waals surface area contributed by atoms with Gasteiger partial charge in [0.1, 0.15) is 18.2 Å². The number of esters is 1. The largest absolute Gasteiger partial charge is 0.459 e. The zero-order valence-electron chi connectivity index (χ0n) is 29.8. The average molecular weight is 684 g/mol. The van der Waals surface area contributed by atoms with E-state index in [0.29, 0.717) is 19.4 Å². The number of nitrogens with two attached hydrogens (primary N) is 1. The van der Waals surface area contributed by atoms with Gasteiger partial charge in [-0.25, -0.2) is 0 Å². The topological polar surface area (TPSA) is 180 Å². The maximum Gasteiger partial charge on any atom is 0.326 e. The Morgan fingerprint density at radius 3 is 2.20 bits per heavy atom. The van der Waals surface area contributed by atoms with Crippen LogP contribution >= 0.6 is 0 Å². The lowest BCUT2D eigenvalue weighted by molar-refractivity contribution is -0.157. The average Bonchev–Trinajstić information content (AvgIpc) is 3.78. The molecule has 3 amide bonds. The number of benzene rings is 1. The van der Waals surface area contributed by atoms with Crippen LogP contribution < -0.4 is 21.7 Å². The quantitative estimate of drug-likeness (QED) is 0.0938. The molecule has 2 aliphatic carbocycles. The van der Waals surface area contributed by atoms with Crippen LogP contribution in [0.3, 0.4) is 0 Å². The number of nitrogens with zero attached hydrogens (tertiary/aromatic N) is 1. The number of Topliss-reactive ketones (excluding diaryl/α,β-unsaturated/α-hetero) is 1. The van der Waals surface area contributed by atoms with Crippen molar-refractivity contribution in [2.75, 3.05) is 6.54 Å². The molecule has 272 valence electrons. The van der Waals surface area contributed by atoms with Crippen molar-refractivity contribution < 1.29 is 33.8 Å². The molecule has 1 aromatic rings. The normalized spacial score (nSPS) is 23.1. The lowest BCUT2D eigenvalue weighted by Crippen LogP contribution is -2.65. The van der Waals surface area contributed by atoms with Crippen LogP contribution in [0.4, 0.5) is 0 Å². The molecule has 1 aromatic carbocycles. The fourth-order valence-corrected chi connectivity index (χ4v) is 7.09. The molecule has 3 fully saturated rings. The van der Waals surface area contributed by atoms with Crippen LogP contribution in [-0.2, 0) is 35.3 Å². The second-order valence-electron chi connectivity index (χ2n) is 15.2. The third kappa shape index (κ3) is 10.1. The first-order chi connectivity index (χ1) is 23.2. The van der Waals surface area contributed by atoms with Crippen molar-refractivity contribution in [1.82, 2.24) is 20.9 Å². The lowest BCUT2D eigenvalue weighted by Gasteiger charge is -2.39. The number of nitrogens with one attached hydrogen (secondary N) is 3. The van der Waals surface area contributed by atoms with Gasteiger partial charge in [0.05, 0.1) is 12.1 Å². The van der Waals surface area contributed by atoms with Crippen LogP contribution in [0.1, 0.15) is 98.0 Å². The van der Waals surface area contributed by atoms with Crippen LogP contribution in [-0.4, -0.2) is 76.0 Å². The summed E-state index contributed by atoms with van der Waals surface area (Å²) in [6.07, 6.45) is 5.62. The number of amides is 3. The molecule has 49 heavy (non-hydrogen) atoms. The van der Waals surface area contributed by atoms with E-state index < -0.39 is 53.6 Å². The highest BCUT2D eigenvalue weighted by Gasteiger charge is 2.47. The van der Waals surface area contributed by atoms with Gasteiger partial charge in [-0.1, -0.05) is 90.1 Å². The van der Waals surface area contributed by atoms with E-state index in [1.54, 1.807) is 11.8 Å². The summed E-state index contributed by atoms with van der Waals surface area (Å²) < 4.78 is 5.66. The summed E-state index contributed by atoms with van der Waals surface area (Å²) >= 11 is 0. The monoisotopic (exact) mass is 683 g/mol. The van der Waals surface area contributed by atoms with Crippen molar-refractivity contribution in [1.29, 1.82) is 0 Å². The minimum atomic E-state index is -1.44. The van der Waals surface area contributed by atoms with E-state index in [2.05, 4.69) is 16.0 Å². The second kappa shape index (κ2) is 17.0. The first kappa shape index (κ1) is 38.5. The number of carbonyl (C=O) groups excluding carboxylic acids is 5. The van der Waals surface area contributed by atoms with Gasteiger partial charge in [0, 0.05) is 6.54 Å². The Labute approximate surface area is 290 Å². The fraction of sp³-hybridized carbons (Fsp3) is 0.703. The van der Waals surface area contributed by atoms with Gasteiger partial charge in [-0.05, 0) is 67.8 Å². The van der Waals surface area contributed by atoms with Gasteiger partial charge in [0.25, 0.3) is 5.91 Å². The van der Waals surface area contributed by atoms with Gasteiger partial charge in [-0.2, -0.15) is 0 Å². The zero-order chi connectivity index (χ0) is 35.9. The van der Waals surface area contributed by atoms with Gasteiger partial charge in [0.2, 0.25) is 17.6 Å². The number of primary amides is 1.